The number of carbonyl (C=O) groups excluding carboxylic acids is 2. The van der Waals surface area contributed by atoms with Crippen molar-refractivity contribution in [1.29, 1.82) is 0 Å². The zero-order chi connectivity index (χ0) is 27.9. The molecule has 2 aliphatic rings. The maximum atomic E-state index is 14.1. The van der Waals surface area contributed by atoms with Crippen molar-refractivity contribution in [2.45, 2.75) is 38.8 Å². The Morgan fingerprint density at radius 3 is 2.59 bits per heavy atom. The first-order chi connectivity index (χ1) is 18.8. The van der Waals surface area contributed by atoms with Crippen LogP contribution >= 0.6 is 0 Å². The molecule has 0 aromatic heterocycles. The molecule has 0 saturated carbocycles. The third kappa shape index (κ3) is 7.35. The Bertz CT molecular complexity index is 1140. The molecule has 39 heavy (non-hydrogen) atoms. The summed E-state index contributed by atoms with van der Waals surface area (Å²) in [7, 11) is 3.45. The molecule has 1 fully saturated rings. The molecule has 2 heterocycles. The fraction of sp³-hybridized carbons (Fsp3) is 0.533. The molecule has 0 bridgehead atoms. The third-order valence-electron chi connectivity index (χ3n) is 7.79. The fourth-order valence-corrected chi connectivity index (χ4v) is 5.28. The first-order valence-electron chi connectivity index (χ1n) is 13.7. The molecule has 0 spiro atoms. The third-order valence-corrected chi connectivity index (χ3v) is 7.79. The summed E-state index contributed by atoms with van der Waals surface area (Å²) in [6.07, 6.45) is 1.95. The van der Waals surface area contributed by atoms with Crippen LogP contribution in [0.2, 0.25) is 0 Å². The molecule has 0 radical (unpaired) electrons. The fourth-order valence-electron chi connectivity index (χ4n) is 5.28. The Labute approximate surface area is 230 Å². The minimum atomic E-state index is -0.602. The number of methoxy groups -OCH3 is 1. The van der Waals surface area contributed by atoms with Gasteiger partial charge in [-0.2, -0.15) is 0 Å². The van der Waals surface area contributed by atoms with E-state index >= 15 is 0 Å². The van der Waals surface area contributed by atoms with Crippen molar-refractivity contribution in [1.82, 2.24) is 9.80 Å². The largest absolute Gasteiger partial charge is 0.491 e. The molecule has 2 amide bonds. The molecule has 1 saturated heterocycles. The lowest BCUT2D eigenvalue weighted by molar-refractivity contribution is 0.0000254. The molecule has 3 atom stereocenters. The normalized spacial score (nSPS) is 23.8. The summed E-state index contributed by atoms with van der Waals surface area (Å²) in [5.74, 6) is -0.245. The maximum Gasteiger partial charge on any atom is 0.258 e. The van der Waals surface area contributed by atoms with Crippen LogP contribution in [0.1, 0.15) is 47.4 Å². The van der Waals surface area contributed by atoms with E-state index in [0.29, 0.717) is 36.1 Å². The van der Waals surface area contributed by atoms with Gasteiger partial charge in [-0.15, -0.1) is 0 Å². The Morgan fingerprint density at radius 1 is 1.13 bits per heavy atom. The van der Waals surface area contributed by atoms with Crippen LogP contribution < -0.4 is 10.1 Å². The number of ether oxygens (including phenoxy) is 3. The number of anilines is 1. The number of likely N-dealkylation sites (N-methyl/N-ethyl adjacent to an activating group) is 1. The van der Waals surface area contributed by atoms with Crippen molar-refractivity contribution < 1.29 is 28.2 Å². The average Bonchev–Trinajstić information content (AvgIpc) is 2.94. The standard InChI is InChI=1S/C30H40FN3O5/c1-20-16-34(17-22-11-13-38-14-12-22)21(2)19-39-27-15-23(32-29(35)24-7-5-6-8-26(24)31)9-10-25(27)30(36)33(3)18-28(20)37-4/h5-10,15,20-22,28H,11-14,16-19H2,1-4H3,(H,32,35)/t20-,21-,28-/m0/s1. The number of nitrogens with zero attached hydrogens (tertiary/aromatic N) is 2. The molecule has 212 valence electrons. The number of nitrogens with one attached hydrogen (secondary N) is 1. The number of hydrogen-bond donors (Lipinski definition) is 1. The van der Waals surface area contributed by atoms with E-state index in [1.54, 1.807) is 43.3 Å². The monoisotopic (exact) mass is 541 g/mol. The molecule has 8 nitrogen and oxygen atoms in total. The molecule has 4 rings (SSSR count). The summed E-state index contributed by atoms with van der Waals surface area (Å²) < 4.78 is 31.8. The zero-order valence-electron chi connectivity index (χ0n) is 23.3. The quantitative estimate of drug-likeness (QED) is 0.608. The molecule has 2 aromatic carbocycles. The molecular weight excluding hydrogens is 501 g/mol. The molecule has 9 heteroatoms. The van der Waals surface area contributed by atoms with Gasteiger partial charge >= 0.3 is 0 Å². The SMILES string of the molecule is CO[C@H]1CN(C)C(=O)c2ccc(NC(=O)c3ccccc3F)cc2OC[C@H](C)N(CC2CCOCC2)C[C@@H]1C. The maximum absolute atomic E-state index is 14.1. The van der Waals surface area contributed by atoms with Crippen molar-refractivity contribution >= 4 is 17.5 Å². The van der Waals surface area contributed by atoms with Gasteiger partial charge in [0.05, 0.1) is 17.2 Å². The van der Waals surface area contributed by atoms with E-state index in [4.69, 9.17) is 14.2 Å². The second-order valence-corrected chi connectivity index (χ2v) is 10.8. The Balaban J connectivity index is 1.60. The van der Waals surface area contributed by atoms with E-state index < -0.39 is 11.7 Å². The second kappa shape index (κ2) is 13.4. The molecular formula is C30H40FN3O5. The van der Waals surface area contributed by atoms with Crippen LogP contribution in [0.25, 0.3) is 0 Å². The van der Waals surface area contributed by atoms with Crippen LogP contribution in [-0.4, -0.2) is 87.4 Å². The lowest BCUT2D eigenvalue weighted by Gasteiger charge is -2.38. The van der Waals surface area contributed by atoms with Gasteiger partial charge in [0.1, 0.15) is 18.2 Å². The van der Waals surface area contributed by atoms with E-state index in [2.05, 4.69) is 24.1 Å². The summed E-state index contributed by atoms with van der Waals surface area (Å²) in [4.78, 5) is 30.3. The van der Waals surface area contributed by atoms with E-state index in [1.807, 2.05) is 0 Å². The average molecular weight is 542 g/mol. The summed E-state index contributed by atoms with van der Waals surface area (Å²) >= 11 is 0. The van der Waals surface area contributed by atoms with Crippen LogP contribution in [0.15, 0.2) is 42.5 Å². The van der Waals surface area contributed by atoms with Crippen molar-refractivity contribution in [3.63, 3.8) is 0 Å². The van der Waals surface area contributed by atoms with Crippen LogP contribution in [0, 0.1) is 17.7 Å². The summed E-state index contributed by atoms with van der Waals surface area (Å²) in [5.41, 5.74) is 0.756. The minimum Gasteiger partial charge on any atom is -0.491 e. The Hall–Kier alpha value is -3.01. The van der Waals surface area contributed by atoms with Crippen LogP contribution in [0.3, 0.4) is 0 Å². The predicted octanol–water partition coefficient (Wildman–Crippen LogP) is 4.31. The molecule has 0 aliphatic carbocycles. The van der Waals surface area contributed by atoms with Gasteiger partial charge in [-0.3, -0.25) is 14.5 Å². The molecule has 2 aromatic rings. The molecule has 0 unspecified atom stereocenters. The first-order valence-corrected chi connectivity index (χ1v) is 13.7. The van der Waals surface area contributed by atoms with Crippen LogP contribution in [0.4, 0.5) is 10.1 Å². The zero-order valence-corrected chi connectivity index (χ0v) is 23.3. The number of fused-ring (bicyclic) bond motifs is 1. The van der Waals surface area contributed by atoms with Gasteiger partial charge in [-0.05, 0) is 55.9 Å². The summed E-state index contributed by atoms with van der Waals surface area (Å²) in [6.45, 7) is 8.44. The number of benzene rings is 2. The van der Waals surface area contributed by atoms with Gasteiger partial charge in [0.15, 0.2) is 0 Å². The van der Waals surface area contributed by atoms with E-state index in [9.17, 15) is 14.0 Å². The Morgan fingerprint density at radius 2 is 1.87 bits per heavy atom. The molecule has 2 aliphatic heterocycles. The number of rotatable bonds is 5. The summed E-state index contributed by atoms with van der Waals surface area (Å²) in [6, 6.07) is 10.8. The highest BCUT2D eigenvalue weighted by atomic mass is 19.1. The number of hydrogen-bond acceptors (Lipinski definition) is 6. The van der Waals surface area contributed by atoms with Gasteiger partial charge in [-0.1, -0.05) is 19.1 Å². The van der Waals surface area contributed by atoms with Gasteiger partial charge in [0, 0.05) is 64.8 Å². The van der Waals surface area contributed by atoms with E-state index in [0.717, 1.165) is 39.1 Å². The van der Waals surface area contributed by atoms with E-state index in [1.165, 1.54) is 18.2 Å². The lowest BCUT2D eigenvalue weighted by atomic mass is 9.96. The highest BCUT2D eigenvalue weighted by Gasteiger charge is 2.30. The van der Waals surface area contributed by atoms with Crippen molar-refractivity contribution in [3.8, 4) is 5.75 Å². The van der Waals surface area contributed by atoms with Gasteiger partial charge in [-0.25, -0.2) is 4.39 Å². The first kappa shape index (κ1) is 29.0. The minimum absolute atomic E-state index is 0.0564. The number of carbonyl (C=O) groups is 2. The van der Waals surface area contributed by atoms with Crippen molar-refractivity contribution in [2.24, 2.45) is 11.8 Å². The van der Waals surface area contributed by atoms with Gasteiger partial charge < -0.3 is 24.4 Å². The van der Waals surface area contributed by atoms with Gasteiger partial charge in [0.25, 0.3) is 11.8 Å². The predicted molar refractivity (Wildman–Crippen MR) is 148 cm³/mol. The number of amides is 2. The number of halogens is 1. The Kier molecular flexibility index (Phi) is 9.94. The highest BCUT2D eigenvalue weighted by Crippen LogP contribution is 2.28. The second-order valence-electron chi connectivity index (χ2n) is 10.8. The highest BCUT2D eigenvalue weighted by molar-refractivity contribution is 6.05. The van der Waals surface area contributed by atoms with Crippen LogP contribution in [-0.2, 0) is 9.47 Å². The molecule has 1 N–H and O–H groups in total. The van der Waals surface area contributed by atoms with Crippen LogP contribution in [0.5, 0.6) is 5.75 Å². The summed E-state index contributed by atoms with van der Waals surface area (Å²) in [5, 5.41) is 2.73. The van der Waals surface area contributed by atoms with Gasteiger partial charge in [0.2, 0.25) is 0 Å². The van der Waals surface area contributed by atoms with Crippen molar-refractivity contribution in [3.05, 3.63) is 59.4 Å². The lowest BCUT2D eigenvalue weighted by Crippen LogP contribution is -2.48. The topological polar surface area (TPSA) is 80.3 Å². The smallest absolute Gasteiger partial charge is 0.258 e. The van der Waals surface area contributed by atoms with Crippen molar-refractivity contribution in [2.75, 3.05) is 58.9 Å². The van der Waals surface area contributed by atoms with E-state index in [-0.39, 0.29) is 29.5 Å².